The highest BCUT2D eigenvalue weighted by atomic mass is 16.3. The summed E-state index contributed by atoms with van der Waals surface area (Å²) in [6.45, 7) is 1.72. The van der Waals surface area contributed by atoms with E-state index in [1.54, 1.807) is 37.3 Å². The number of phenols is 1. The number of aromatic hydroxyl groups is 1. The molecule has 96 valence electrons. The molecule has 0 saturated carbocycles. The van der Waals surface area contributed by atoms with Crippen LogP contribution in [0.25, 0.3) is 0 Å². The van der Waals surface area contributed by atoms with Crippen LogP contribution in [-0.4, -0.2) is 16.8 Å². The van der Waals surface area contributed by atoms with E-state index in [4.69, 9.17) is 5.73 Å². The minimum Gasteiger partial charge on any atom is -0.507 e. The number of carbonyl (C=O) groups excluding carboxylic acids is 2. The molecule has 3 N–H and O–H groups in total. The van der Waals surface area contributed by atoms with Crippen LogP contribution in [0.2, 0.25) is 0 Å². The Bertz CT molecular complexity index is 662. The Morgan fingerprint density at radius 2 is 1.74 bits per heavy atom. The van der Waals surface area contributed by atoms with Crippen molar-refractivity contribution in [1.82, 2.24) is 0 Å². The van der Waals surface area contributed by atoms with Crippen LogP contribution in [0.15, 0.2) is 42.5 Å². The van der Waals surface area contributed by atoms with E-state index in [1.165, 1.54) is 12.1 Å². The lowest BCUT2D eigenvalue weighted by atomic mass is 9.96. The highest BCUT2D eigenvalue weighted by molar-refractivity contribution is 6.11. The van der Waals surface area contributed by atoms with Crippen LogP contribution in [0.3, 0.4) is 0 Å². The molecule has 19 heavy (non-hydrogen) atoms. The molecule has 0 heterocycles. The van der Waals surface area contributed by atoms with Gasteiger partial charge in [-0.25, -0.2) is 0 Å². The second kappa shape index (κ2) is 4.94. The predicted molar refractivity (Wildman–Crippen MR) is 71.2 cm³/mol. The number of hydrogen-bond acceptors (Lipinski definition) is 3. The Labute approximate surface area is 110 Å². The zero-order valence-electron chi connectivity index (χ0n) is 10.4. The minimum atomic E-state index is -0.537. The average Bonchev–Trinajstić information content (AvgIpc) is 2.38. The van der Waals surface area contributed by atoms with Gasteiger partial charge in [-0.15, -0.1) is 0 Å². The third-order valence-electron chi connectivity index (χ3n) is 2.90. The lowest BCUT2D eigenvalue weighted by molar-refractivity contribution is 0.0996. The van der Waals surface area contributed by atoms with Gasteiger partial charge in [0.2, 0.25) is 5.91 Å². The van der Waals surface area contributed by atoms with Crippen molar-refractivity contribution in [2.45, 2.75) is 6.92 Å². The Kier molecular flexibility index (Phi) is 3.33. The van der Waals surface area contributed by atoms with Gasteiger partial charge >= 0.3 is 0 Å². The van der Waals surface area contributed by atoms with E-state index < -0.39 is 5.91 Å². The first-order valence-corrected chi connectivity index (χ1v) is 5.74. The summed E-state index contributed by atoms with van der Waals surface area (Å²) in [7, 11) is 0. The van der Waals surface area contributed by atoms with E-state index in [0.29, 0.717) is 16.7 Å². The van der Waals surface area contributed by atoms with Gasteiger partial charge in [-0.3, -0.25) is 9.59 Å². The minimum absolute atomic E-state index is 0.0640. The van der Waals surface area contributed by atoms with Crippen LogP contribution in [0.5, 0.6) is 5.75 Å². The normalized spacial score (nSPS) is 10.2. The van der Waals surface area contributed by atoms with E-state index in [0.717, 1.165) is 0 Å². The maximum absolute atomic E-state index is 12.3. The summed E-state index contributed by atoms with van der Waals surface area (Å²) in [5, 5.41) is 9.68. The van der Waals surface area contributed by atoms with Gasteiger partial charge in [-0.1, -0.05) is 12.1 Å². The van der Waals surface area contributed by atoms with Crippen molar-refractivity contribution in [2.24, 2.45) is 5.73 Å². The van der Waals surface area contributed by atoms with E-state index in [9.17, 15) is 14.7 Å². The van der Waals surface area contributed by atoms with Crippen LogP contribution in [0, 0.1) is 6.92 Å². The van der Waals surface area contributed by atoms with Crippen molar-refractivity contribution < 1.29 is 14.7 Å². The van der Waals surface area contributed by atoms with Gasteiger partial charge in [-0.2, -0.15) is 0 Å². The molecule has 0 aromatic heterocycles. The van der Waals surface area contributed by atoms with Crippen LogP contribution in [0.4, 0.5) is 0 Å². The number of nitrogens with two attached hydrogens (primary N) is 1. The van der Waals surface area contributed by atoms with Gasteiger partial charge in [-0.05, 0) is 42.8 Å². The first-order chi connectivity index (χ1) is 9.00. The molecule has 0 aliphatic rings. The van der Waals surface area contributed by atoms with Crippen LogP contribution >= 0.6 is 0 Å². The zero-order valence-corrected chi connectivity index (χ0v) is 10.4. The monoisotopic (exact) mass is 255 g/mol. The van der Waals surface area contributed by atoms with Crippen molar-refractivity contribution in [1.29, 1.82) is 0 Å². The summed E-state index contributed by atoms with van der Waals surface area (Å²) < 4.78 is 0. The molecule has 1 amide bonds. The SMILES string of the molecule is Cc1cc(C(N)=O)ccc1C(=O)c1ccccc1O. The number of ketones is 1. The Balaban J connectivity index is 2.46. The highest BCUT2D eigenvalue weighted by Gasteiger charge is 2.15. The molecular formula is C15H13NO3. The maximum Gasteiger partial charge on any atom is 0.248 e. The Morgan fingerprint density at radius 1 is 1.05 bits per heavy atom. The third-order valence-corrected chi connectivity index (χ3v) is 2.90. The zero-order chi connectivity index (χ0) is 14.0. The molecule has 2 aromatic carbocycles. The summed E-state index contributed by atoms with van der Waals surface area (Å²) in [6, 6.07) is 11.0. The van der Waals surface area contributed by atoms with Crippen LogP contribution in [-0.2, 0) is 0 Å². The second-order valence-corrected chi connectivity index (χ2v) is 4.24. The molecule has 0 unspecified atom stereocenters. The Morgan fingerprint density at radius 3 is 2.32 bits per heavy atom. The summed E-state index contributed by atoms with van der Waals surface area (Å²) >= 11 is 0. The van der Waals surface area contributed by atoms with Crippen molar-refractivity contribution in [3.8, 4) is 5.75 Å². The van der Waals surface area contributed by atoms with Gasteiger partial charge in [0.05, 0.1) is 5.56 Å². The topological polar surface area (TPSA) is 80.4 Å². The highest BCUT2D eigenvalue weighted by Crippen LogP contribution is 2.22. The molecule has 0 fully saturated rings. The molecule has 0 saturated heterocycles. The lowest BCUT2D eigenvalue weighted by Gasteiger charge is -2.07. The summed E-state index contributed by atoms with van der Waals surface area (Å²) in [6.07, 6.45) is 0. The summed E-state index contributed by atoms with van der Waals surface area (Å²) in [5.74, 6) is -0.887. The number of hydrogen-bond donors (Lipinski definition) is 2. The number of phenolic OH excluding ortho intramolecular Hbond substituents is 1. The van der Waals surface area contributed by atoms with Gasteiger partial charge in [0, 0.05) is 11.1 Å². The standard InChI is InChI=1S/C15H13NO3/c1-9-8-10(15(16)19)6-7-11(9)14(18)12-4-2-3-5-13(12)17/h2-8,17H,1H3,(H2,16,19). The molecule has 4 heteroatoms. The molecular weight excluding hydrogens is 242 g/mol. The fraction of sp³-hybridized carbons (Fsp3) is 0.0667. The lowest BCUT2D eigenvalue weighted by Crippen LogP contribution is -2.12. The fourth-order valence-electron chi connectivity index (χ4n) is 1.88. The number of primary amides is 1. The molecule has 0 aliphatic heterocycles. The van der Waals surface area contributed by atoms with Crippen molar-refractivity contribution in [2.75, 3.05) is 0 Å². The van der Waals surface area contributed by atoms with Crippen LogP contribution < -0.4 is 5.73 Å². The predicted octanol–water partition coefficient (Wildman–Crippen LogP) is 2.03. The van der Waals surface area contributed by atoms with Crippen molar-refractivity contribution in [3.05, 3.63) is 64.7 Å². The number of aryl methyl sites for hydroxylation is 1. The molecule has 0 atom stereocenters. The van der Waals surface area contributed by atoms with E-state index in [1.807, 2.05) is 0 Å². The van der Waals surface area contributed by atoms with Gasteiger partial charge in [0.1, 0.15) is 5.75 Å². The number of benzene rings is 2. The first-order valence-electron chi connectivity index (χ1n) is 5.74. The van der Waals surface area contributed by atoms with Crippen LogP contribution in [0.1, 0.15) is 31.8 Å². The molecule has 4 nitrogen and oxygen atoms in total. The fourth-order valence-corrected chi connectivity index (χ4v) is 1.88. The molecule has 0 spiro atoms. The van der Waals surface area contributed by atoms with Crippen molar-refractivity contribution in [3.63, 3.8) is 0 Å². The second-order valence-electron chi connectivity index (χ2n) is 4.24. The summed E-state index contributed by atoms with van der Waals surface area (Å²) in [4.78, 5) is 23.3. The number of rotatable bonds is 3. The Hall–Kier alpha value is -2.62. The first kappa shape index (κ1) is 12.8. The summed E-state index contributed by atoms with van der Waals surface area (Å²) in [5.41, 5.74) is 6.85. The molecule has 2 aromatic rings. The molecule has 0 bridgehead atoms. The smallest absolute Gasteiger partial charge is 0.248 e. The van der Waals surface area contributed by atoms with Gasteiger partial charge in [0.25, 0.3) is 0 Å². The molecule has 0 radical (unpaired) electrons. The van der Waals surface area contributed by atoms with E-state index in [2.05, 4.69) is 0 Å². The van der Waals surface area contributed by atoms with Gasteiger partial charge < -0.3 is 10.8 Å². The third kappa shape index (κ3) is 2.47. The van der Waals surface area contributed by atoms with E-state index >= 15 is 0 Å². The van der Waals surface area contributed by atoms with Crippen molar-refractivity contribution >= 4 is 11.7 Å². The quantitative estimate of drug-likeness (QED) is 0.823. The van der Waals surface area contributed by atoms with Gasteiger partial charge in [0.15, 0.2) is 5.78 Å². The molecule has 2 rings (SSSR count). The number of carbonyl (C=O) groups is 2. The van der Waals surface area contributed by atoms with E-state index in [-0.39, 0.29) is 17.1 Å². The number of para-hydroxylation sites is 1. The average molecular weight is 255 g/mol. The largest absolute Gasteiger partial charge is 0.507 e. The maximum atomic E-state index is 12.3. The number of amides is 1. The molecule has 0 aliphatic carbocycles.